The number of aryl methyl sites for hydroxylation is 2. The summed E-state index contributed by atoms with van der Waals surface area (Å²) in [5.41, 5.74) is 9.14. The van der Waals surface area contributed by atoms with Crippen LogP contribution in [0, 0.1) is 13.8 Å². The van der Waals surface area contributed by atoms with E-state index in [0.29, 0.717) is 18.5 Å². The number of aromatic nitrogens is 2. The molecular formula is C18H25N5O3S. The number of sulfonamides is 1. The third-order valence-corrected chi connectivity index (χ3v) is 6.21. The van der Waals surface area contributed by atoms with Crippen LogP contribution in [-0.2, 0) is 28.3 Å². The molecule has 0 atom stereocenters. The van der Waals surface area contributed by atoms with Gasteiger partial charge in [0.2, 0.25) is 15.9 Å². The van der Waals surface area contributed by atoms with E-state index in [0.717, 1.165) is 29.8 Å². The maximum atomic E-state index is 12.1. The average Bonchev–Trinajstić information content (AvgIpc) is 3.39. The summed E-state index contributed by atoms with van der Waals surface area (Å²) in [6.07, 6.45) is 2.73. The molecule has 3 rings (SSSR count). The van der Waals surface area contributed by atoms with E-state index < -0.39 is 10.0 Å². The Hall–Kier alpha value is -2.39. The van der Waals surface area contributed by atoms with Crippen molar-refractivity contribution in [2.45, 2.75) is 50.5 Å². The van der Waals surface area contributed by atoms with Gasteiger partial charge in [-0.05, 0) is 62.9 Å². The van der Waals surface area contributed by atoms with E-state index in [9.17, 15) is 13.2 Å². The number of benzene rings is 1. The molecule has 0 saturated heterocycles. The number of carbonyl (C=O) groups is 1. The zero-order valence-corrected chi connectivity index (χ0v) is 16.6. The summed E-state index contributed by atoms with van der Waals surface area (Å²) in [6.45, 7) is 3.92. The van der Waals surface area contributed by atoms with Gasteiger partial charge in [0.05, 0.1) is 16.3 Å². The number of nitrogens with zero attached hydrogens (tertiary/aromatic N) is 2. The van der Waals surface area contributed by atoms with Crippen molar-refractivity contribution in [1.82, 2.24) is 19.9 Å². The Labute approximate surface area is 159 Å². The normalized spacial score (nSPS) is 14.2. The molecule has 1 aromatic carbocycles. The Bertz CT molecular complexity index is 931. The average molecular weight is 391 g/mol. The topological polar surface area (TPSA) is 105 Å². The van der Waals surface area contributed by atoms with Crippen molar-refractivity contribution in [2.75, 3.05) is 5.43 Å². The van der Waals surface area contributed by atoms with Crippen LogP contribution in [-0.4, -0.2) is 30.1 Å². The monoisotopic (exact) mass is 391 g/mol. The fourth-order valence-corrected chi connectivity index (χ4v) is 4.13. The molecule has 3 N–H and O–H groups in total. The predicted octanol–water partition coefficient (Wildman–Crippen LogP) is 1.55. The quantitative estimate of drug-likeness (QED) is 0.592. The molecule has 0 radical (unpaired) electrons. The summed E-state index contributed by atoms with van der Waals surface area (Å²) in [5.74, 6) is -0.148. The Morgan fingerprint density at radius 3 is 2.44 bits per heavy atom. The Morgan fingerprint density at radius 1 is 1.22 bits per heavy atom. The highest BCUT2D eigenvalue weighted by Gasteiger charge is 2.27. The molecule has 0 unspecified atom stereocenters. The summed E-state index contributed by atoms with van der Waals surface area (Å²) < 4.78 is 28.7. The third-order valence-electron chi connectivity index (χ3n) is 4.67. The Balaban J connectivity index is 1.50. The molecule has 9 heteroatoms. The number of anilines is 1. The molecule has 27 heavy (non-hydrogen) atoms. The van der Waals surface area contributed by atoms with Crippen LogP contribution in [0.15, 0.2) is 29.2 Å². The highest BCUT2D eigenvalue weighted by Crippen LogP contribution is 2.22. The first kappa shape index (κ1) is 19.4. The number of amides is 1. The number of nitrogens with one attached hydrogen (secondary N) is 3. The minimum absolute atomic E-state index is 0.0687. The van der Waals surface area contributed by atoms with Gasteiger partial charge in [0.15, 0.2) is 0 Å². The lowest BCUT2D eigenvalue weighted by atomic mass is 10.1. The standard InChI is InChI=1S/C18H25N5O3S/c1-12-17(13(2)23(3)21-12)10-11-18(24)20-19-14-6-8-16(9-7-14)27(25,26)22-15-4-5-15/h6-9,15,19,22H,4-5,10-11H2,1-3H3,(H,20,24). The first-order valence-corrected chi connectivity index (χ1v) is 10.4. The lowest BCUT2D eigenvalue weighted by Crippen LogP contribution is -2.29. The zero-order chi connectivity index (χ0) is 19.6. The van der Waals surface area contributed by atoms with Crippen molar-refractivity contribution in [2.24, 2.45) is 7.05 Å². The molecule has 8 nitrogen and oxygen atoms in total. The van der Waals surface area contributed by atoms with E-state index in [2.05, 4.69) is 20.7 Å². The van der Waals surface area contributed by atoms with Crippen LogP contribution in [0.25, 0.3) is 0 Å². The van der Waals surface area contributed by atoms with Gasteiger partial charge in [0.25, 0.3) is 0 Å². The van der Waals surface area contributed by atoms with Gasteiger partial charge in [-0.2, -0.15) is 5.10 Å². The van der Waals surface area contributed by atoms with Crippen LogP contribution in [0.2, 0.25) is 0 Å². The lowest BCUT2D eigenvalue weighted by molar-refractivity contribution is -0.120. The molecule has 1 aromatic heterocycles. The first-order chi connectivity index (χ1) is 12.8. The molecule has 1 amide bonds. The molecule has 0 aliphatic heterocycles. The second kappa shape index (κ2) is 7.69. The molecule has 1 heterocycles. The second-order valence-corrected chi connectivity index (χ2v) is 8.58. The largest absolute Gasteiger partial charge is 0.299 e. The van der Waals surface area contributed by atoms with Gasteiger partial charge >= 0.3 is 0 Å². The van der Waals surface area contributed by atoms with Crippen molar-refractivity contribution in [3.63, 3.8) is 0 Å². The third kappa shape index (κ3) is 4.86. The number of hydrogen-bond donors (Lipinski definition) is 3. The SMILES string of the molecule is Cc1nn(C)c(C)c1CCC(=O)NNc1ccc(S(=O)(=O)NC2CC2)cc1. The van der Waals surface area contributed by atoms with Crippen molar-refractivity contribution < 1.29 is 13.2 Å². The Kier molecular flexibility index (Phi) is 5.52. The molecule has 0 bridgehead atoms. The summed E-state index contributed by atoms with van der Waals surface area (Å²) in [5, 5.41) is 4.35. The van der Waals surface area contributed by atoms with E-state index in [4.69, 9.17) is 0 Å². The van der Waals surface area contributed by atoms with Crippen LogP contribution in [0.1, 0.15) is 36.2 Å². The van der Waals surface area contributed by atoms with Gasteiger partial charge in [0.1, 0.15) is 0 Å². The van der Waals surface area contributed by atoms with Gasteiger partial charge in [-0.1, -0.05) is 0 Å². The van der Waals surface area contributed by atoms with Crippen LogP contribution in [0.4, 0.5) is 5.69 Å². The maximum absolute atomic E-state index is 12.1. The van der Waals surface area contributed by atoms with Gasteiger partial charge in [0, 0.05) is 25.2 Å². The highest BCUT2D eigenvalue weighted by atomic mass is 32.2. The molecule has 1 fully saturated rings. The number of rotatable bonds is 8. The minimum atomic E-state index is -3.46. The second-order valence-electron chi connectivity index (χ2n) is 6.87. The van der Waals surface area contributed by atoms with Gasteiger partial charge in [-0.15, -0.1) is 0 Å². The minimum Gasteiger partial charge on any atom is -0.299 e. The first-order valence-electron chi connectivity index (χ1n) is 8.92. The van der Waals surface area contributed by atoms with E-state index in [1.165, 1.54) is 12.1 Å². The number of hydrogen-bond acceptors (Lipinski definition) is 5. The van der Waals surface area contributed by atoms with Crippen LogP contribution >= 0.6 is 0 Å². The zero-order valence-electron chi connectivity index (χ0n) is 15.7. The van der Waals surface area contributed by atoms with Gasteiger partial charge in [-0.25, -0.2) is 13.1 Å². The van der Waals surface area contributed by atoms with Crippen molar-refractivity contribution in [1.29, 1.82) is 0 Å². The van der Waals surface area contributed by atoms with Crippen LogP contribution in [0.5, 0.6) is 0 Å². The smallest absolute Gasteiger partial charge is 0.240 e. The van der Waals surface area contributed by atoms with E-state index in [1.54, 1.807) is 12.1 Å². The molecule has 0 spiro atoms. The predicted molar refractivity (Wildman–Crippen MR) is 103 cm³/mol. The molecule has 146 valence electrons. The Morgan fingerprint density at radius 2 is 1.89 bits per heavy atom. The van der Waals surface area contributed by atoms with Crippen molar-refractivity contribution in [3.05, 3.63) is 41.2 Å². The number of hydrazine groups is 1. The molecule has 2 aromatic rings. The molecular weight excluding hydrogens is 366 g/mol. The van der Waals surface area contributed by atoms with Crippen LogP contribution in [0.3, 0.4) is 0 Å². The highest BCUT2D eigenvalue weighted by molar-refractivity contribution is 7.89. The van der Waals surface area contributed by atoms with Gasteiger partial charge in [-0.3, -0.25) is 20.3 Å². The van der Waals surface area contributed by atoms with Crippen LogP contribution < -0.4 is 15.6 Å². The summed E-state index contributed by atoms with van der Waals surface area (Å²) in [7, 11) is -1.58. The molecule has 1 saturated carbocycles. The fraction of sp³-hybridized carbons (Fsp3) is 0.444. The van der Waals surface area contributed by atoms with Crippen molar-refractivity contribution >= 4 is 21.6 Å². The number of carbonyl (C=O) groups excluding carboxylic acids is 1. The van der Waals surface area contributed by atoms with E-state index >= 15 is 0 Å². The van der Waals surface area contributed by atoms with Gasteiger partial charge < -0.3 is 0 Å². The van der Waals surface area contributed by atoms with Crippen molar-refractivity contribution in [3.8, 4) is 0 Å². The lowest BCUT2D eigenvalue weighted by Gasteiger charge is -2.10. The summed E-state index contributed by atoms with van der Waals surface area (Å²) in [4.78, 5) is 12.3. The molecule has 1 aliphatic rings. The maximum Gasteiger partial charge on any atom is 0.240 e. The summed E-state index contributed by atoms with van der Waals surface area (Å²) in [6, 6.07) is 6.34. The van der Waals surface area contributed by atoms with E-state index in [1.807, 2.05) is 25.6 Å². The fourth-order valence-electron chi connectivity index (χ4n) is 2.83. The van der Waals surface area contributed by atoms with E-state index in [-0.39, 0.29) is 16.8 Å². The summed E-state index contributed by atoms with van der Waals surface area (Å²) >= 11 is 0. The molecule has 1 aliphatic carbocycles.